The molecule has 0 amide bonds. The Morgan fingerprint density at radius 3 is 2.50 bits per heavy atom. The number of aliphatic hydroxyl groups is 1. The van der Waals surface area contributed by atoms with Crippen molar-refractivity contribution in [1.82, 2.24) is 0 Å². The molecule has 3 rings (SSSR count). The Morgan fingerprint density at radius 2 is 2.17 bits per heavy atom. The summed E-state index contributed by atoms with van der Waals surface area (Å²) in [7, 11) is 0. The van der Waals surface area contributed by atoms with E-state index in [-0.39, 0.29) is 6.10 Å². The summed E-state index contributed by atoms with van der Waals surface area (Å²) < 4.78 is 9.56. The van der Waals surface area contributed by atoms with Gasteiger partial charge in [0.1, 0.15) is 6.10 Å². The van der Waals surface area contributed by atoms with Gasteiger partial charge in [-0.05, 0) is 13.0 Å². The smallest absolute Gasteiger partial charge is 0.217 e. The molecule has 0 spiro atoms. The summed E-state index contributed by atoms with van der Waals surface area (Å²) in [6.07, 6.45) is 7.65. The number of rotatable bonds is 0. The van der Waals surface area contributed by atoms with E-state index in [1.54, 1.807) is 12.2 Å². The van der Waals surface area contributed by atoms with E-state index < -0.39 is 5.79 Å². The molecule has 0 bridgehead atoms. The second-order valence-corrected chi connectivity index (χ2v) is 3.18. The van der Waals surface area contributed by atoms with E-state index in [1.165, 1.54) is 0 Å². The molecule has 0 saturated carbocycles. The van der Waals surface area contributed by atoms with Gasteiger partial charge in [-0.15, -0.1) is 0 Å². The van der Waals surface area contributed by atoms with Crippen LogP contribution in [-0.2, 0) is 9.47 Å². The fourth-order valence-corrected chi connectivity index (χ4v) is 0.935. The summed E-state index contributed by atoms with van der Waals surface area (Å²) in [6, 6.07) is 0. The van der Waals surface area contributed by atoms with E-state index in [2.05, 4.69) is 6.92 Å². The first-order valence-electron chi connectivity index (χ1n) is 4.08. The Bertz CT molecular complexity index is 230. The first kappa shape index (κ1) is 7.98. The molecule has 3 unspecified atom stereocenters. The number of ether oxygens (including phenoxy) is 2. The van der Waals surface area contributed by atoms with Crippen LogP contribution in [0.2, 0.25) is 0 Å². The third-order valence-corrected chi connectivity index (χ3v) is 1.90. The lowest BCUT2D eigenvalue weighted by atomic mass is 10.1. The minimum absolute atomic E-state index is 0.0625. The Morgan fingerprint density at radius 1 is 1.50 bits per heavy atom. The summed E-state index contributed by atoms with van der Waals surface area (Å²) >= 11 is 0. The van der Waals surface area contributed by atoms with Crippen molar-refractivity contribution in [3.63, 3.8) is 0 Å². The highest BCUT2D eigenvalue weighted by Gasteiger charge is 2.52. The van der Waals surface area contributed by atoms with Crippen molar-refractivity contribution < 1.29 is 14.6 Å². The molecule has 1 N–H and O–H groups in total. The first-order valence-corrected chi connectivity index (χ1v) is 4.08. The lowest BCUT2D eigenvalue weighted by Gasteiger charge is -1.95. The zero-order chi connectivity index (χ0) is 8.60. The minimum atomic E-state index is -0.922. The van der Waals surface area contributed by atoms with Crippen molar-refractivity contribution >= 4 is 0 Å². The Hall–Kier alpha value is -0.640. The summed E-state index contributed by atoms with van der Waals surface area (Å²) in [5.41, 5.74) is 0. The van der Waals surface area contributed by atoms with Crippen molar-refractivity contribution in [3.8, 4) is 0 Å². The largest absolute Gasteiger partial charge is 0.373 e. The van der Waals surface area contributed by atoms with E-state index in [0.29, 0.717) is 6.10 Å². The van der Waals surface area contributed by atoms with E-state index in [9.17, 15) is 0 Å². The lowest BCUT2D eigenvalue weighted by Crippen LogP contribution is -2.09. The molecule has 0 aromatic rings. The molecule has 3 heteroatoms. The summed E-state index contributed by atoms with van der Waals surface area (Å²) in [5, 5.41) is 9.09. The van der Waals surface area contributed by atoms with Gasteiger partial charge < -0.3 is 14.6 Å². The molecule has 3 nitrogen and oxygen atoms in total. The van der Waals surface area contributed by atoms with Gasteiger partial charge in [-0.1, -0.05) is 18.2 Å². The number of hydrogen-bond donors (Lipinski definition) is 1. The van der Waals surface area contributed by atoms with Crippen LogP contribution in [0.15, 0.2) is 24.3 Å². The zero-order valence-corrected chi connectivity index (χ0v) is 6.93. The normalized spacial score (nSPS) is 45.8. The van der Waals surface area contributed by atoms with Gasteiger partial charge in [0.2, 0.25) is 5.79 Å². The highest BCUT2D eigenvalue weighted by atomic mass is 16.7. The van der Waals surface area contributed by atoms with Gasteiger partial charge in [0.25, 0.3) is 0 Å². The van der Waals surface area contributed by atoms with Crippen molar-refractivity contribution in [1.29, 1.82) is 0 Å². The summed E-state index contributed by atoms with van der Waals surface area (Å²) in [5.74, 6) is -0.922. The molecule has 3 aliphatic rings. The lowest BCUT2D eigenvalue weighted by molar-refractivity contribution is 0.0826. The molecule has 3 atom stereocenters. The van der Waals surface area contributed by atoms with E-state index in [0.717, 1.165) is 6.61 Å². The van der Waals surface area contributed by atoms with Crippen molar-refractivity contribution in [3.05, 3.63) is 24.3 Å². The van der Waals surface area contributed by atoms with E-state index in [1.807, 2.05) is 12.2 Å². The van der Waals surface area contributed by atoms with E-state index in [4.69, 9.17) is 14.6 Å². The van der Waals surface area contributed by atoms with Gasteiger partial charge in [0, 0.05) is 0 Å². The molecule has 1 aliphatic carbocycles. The van der Waals surface area contributed by atoms with Gasteiger partial charge in [-0.3, -0.25) is 0 Å². The van der Waals surface area contributed by atoms with Crippen molar-refractivity contribution in [2.45, 2.75) is 24.9 Å². The summed E-state index contributed by atoms with van der Waals surface area (Å²) in [4.78, 5) is 0. The molecule has 66 valence electrons. The summed E-state index contributed by atoms with van der Waals surface area (Å²) in [6.45, 7) is 3.04. The van der Waals surface area contributed by atoms with Crippen LogP contribution in [0.4, 0.5) is 0 Å². The molecule has 12 heavy (non-hydrogen) atoms. The molecular formula is C9H12O3. The molecule has 0 aromatic carbocycles. The van der Waals surface area contributed by atoms with Gasteiger partial charge in [-0.2, -0.15) is 0 Å². The molecule has 2 saturated heterocycles. The average molecular weight is 168 g/mol. The van der Waals surface area contributed by atoms with Crippen LogP contribution in [0.1, 0.15) is 6.92 Å². The fourth-order valence-electron chi connectivity index (χ4n) is 0.935. The maximum absolute atomic E-state index is 9.09. The number of allylic oxidation sites excluding steroid dienone is 2. The van der Waals surface area contributed by atoms with Gasteiger partial charge in [0.05, 0.1) is 12.7 Å². The Kier molecular flexibility index (Phi) is 1.79. The number of hydrogen-bond acceptors (Lipinski definition) is 3. The van der Waals surface area contributed by atoms with Crippen LogP contribution < -0.4 is 0 Å². The maximum atomic E-state index is 9.09. The Labute approximate surface area is 71.3 Å². The van der Waals surface area contributed by atoms with Crippen LogP contribution >= 0.6 is 0 Å². The van der Waals surface area contributed by atoms with Crippen LogP contribution in [0.5, 0.6) is 0 Å². The van der Waals surface area contributed by atoms with E-state index >= 15 is 0 Å². The van der Waals surface area contributed by atoms with Gasteiger partial charge >= 0.3 is 0 Å². The molecule has 2 heterocycles. The maximum Gasteiger partial charge on any atom is 0.217 e. The monoisotopic (exact) mass is 168 g/mol. The SMILES string of the molecule is CC1CO1.OC12C=CC=CC1O2. The third kappa shape index (κ3) is 1.75. The highest BCUT2D eigenvalue weighted by Crippen LogP contribution is 2.37. The average Bonchev–Trinajstić information content (AvgIpc) is 2.88. The molecular weight excluding hydrogens is 156 g/mol. The quantitative estimate of drug-likeness (QED) is 0.539. The standard InChI is InChI=1S/C6H6O2.C3H6O/c7-6-4-2-1-3-5(6)8-6;1-3-2-4-3/h1-5,7H;3H,2H2,1H3. The van der Waals surface area contributed by atoms with Crippen LogP contribution in [0.3, 0.4) is 0 Å². The number of epoxide rings is 2. The van der Waals surface area contributed by atoms with Gasteiger partial charge in [-0.25, -0.2) is 0 Å². The highest BCUT2D eigenvalue weighted by molar-refractivity contribution is 5.26. The molecule has 0 aromatic heterocycles. The van der Waals surface area contributed by atoms with Crippen molar-refractivity contribution in [2.75, 3.05) is 6.61 Å². The molecule has 2 aliphatic heterocycles. The van der Waals surface area contributed by atoms with Gasteiger partial charge in [0.15, 0.2) is 0 Å². The number of fused-ring (bicyclic) bond motifs is 1. The van der Waals surface area contributed by atoms with Crippen LogP contribution in [0.25, 0.3) is 0 Å². The molecule has 0 radical (unpaired) electrons. The fraction of sp³-hybridized carbons (Fsp3) is 0.556. The third-order valence-electron chi connectivity index (χ3n) is 1.90. The Balaban J connectivity index is 0.000000119. The molecule has 2 fully saturated rings. The predicted octanol–water partition coefficient (Wildman–Crippen LogP) is 0.605. The second-order valence-electron chi connectivity index (χ2n) is 3.18. The topological polar surface area (TPSA) is 45.3 Å². The minimum Gasteiger partial charge on any atom is -0.373 e. The van der Waals surface area contributed by atoms with Crippen LogP contribution in [0, 0.1) is 0 Å². The zero-order valence-electron chi connectivity index (χ0n) is 6.93. The van der Waals surface area contributed by atoms with Crippen molar-refractivity contribution in [2.24, 2.45) is 0 Å². The first-order chi connectivity index (χ1) is 5.71. The predicted molar refractivity (Wildman–Crippen MR) is 43.5 cm³/mol. The second kappa shape index (κ2) is 2.69. The van der Waals surface area contributed by atoms with Crippen LogP contribution in [-0.4, -0.2) is 29.7 Å².